The first kappa shape index (κ1) is 19.8. The van der Waals surface area contributed by atoms with Crippen molar-refractivity contribution in [2.75, 3.05) is 14.2 Å². The van der Waals surface area contributed by atoms with Crippen LogP contribution in [0.4, 0.5) is 0 Å². The van der Waals surface area contributed by atoms with Crippen LogP contribution in [0.3, 0.4) is 0 Å². The molecule has 3 aromatic carbocycles. The van der Waals surface area contributed by atoms with Crippen LogP contribution < -0.4 is 15.0 Å². The number of hydrogen-bond acceptors (Lipinski definition) is 4. The Balaban J connectivity index is 1.97. The molecule has 0 fully saturated rings. The third-order valence-electron chi connectivity index (χ3n) is 5.79. The Morgan fingerprint density at radius 3 is 2.31 bits per heavy atom. The maximum absolute atomic E-state index is 14.0. The van der Waals surface area contributed by atoms with Crippen LogP contribution in [0.2, 0.25) is 0 Å². The Hall–Kier alpha value is -4.12. The third-order valence-corrected chi connectivity index (χ3v) is 5.79. The van der Waals surface area contributed by atoms with Gasteiger partial charge in [0.15, 0.2) is 11.5 Å². The van der Waals surface area contributed by atoms with E-state index in [0.29, 0.717) is 17.1 Å². The number of nitrogens with zero attached hydrogens (tertiary/aromatic N) is 2. The van der Waals surface area contributed by atoms with Gasteiger partial charge in [0.2, 0.25) is 0 Å². The summed E-state index contributed by atoms with van der Waals surface area (Å²) >= 11 is 0. The highest BCUT2D eigenvalue weighted by molar-refractivity contribution is 5.93. The number of para-hydroxylation sites is 1. The largest absolute Gasteiger partial charge is 0.493 e. The lowest BCUT2D eigenvalue weighted by Crippen LogP contribution is -2.21. The molecule has 5 aromatic rings. The first-order valence-electron chi connectivity index (χ1n) is 10.3. The molecule has 158 valence electrons. The summed E-state index contributed by atoms with van der Waals surface area (Å²) in [6.45, 7) is 2.01. The molecule has 0 amide bonds. The monoisotopic (exact) mass is 422 g/mol. The molecule has 0 aliphatic carbocycles. The van der Waals surface area contributed by atoms with Crippen LogP contribution in [0.5, 0.6) is 11.5 Å². The molecule has 0 spiro atoms. The molecule has 0 N–H and O–H groups in total. The number of ether oxygens (including phenoxy) is 2. The van der Waals surface area contributed by atoms with Crippen LogP contribution >= 0.6 is 0 Å². The molecule has 0 atom stereocenters. The zero-order chi connectivity index (χ0) is 22.2. The van der Waals surface area contributed by atoms with E-state index in [9.17, 15) is 4.79 Å². The van der Waals surface area contributed by atoms with E-state index in [1.807, 2.05) is 79.7 Å². The summed E-state index contributed by atoms with van der Waals surface area (Å²) in [6, 6.07) is 23.3. The summed E-state index contributed by atoms with van der Waals surface area (Å²) in [7, 11) is 3.20. The molecule has 0 bridgehead atoms. The van der Waals surface area contributed by atoms with E-state index in [4.69, 9.17) is 9.47 Å². The summed E-state index contributed by atoms with van der Waals surface area (Å²) in [4.78, 5) is 18.6. The highest BCUT2D eigenvalue weighted by Crippen LogP contribution is 2.35. The van der Waals surface area contributed by atoms with Crippen molar-refractivity contribution in [1.82, 2.24) is 9.55 Å². The van der Waals surface area contributed by atoms with E-state index in [1.165, 1.54) is 0 Å². The minimum atomic E-state index is -0.114. The van der Waals surface area contributed by atoms with Crippen molar-refractivity contribution in [2.24, 2.45) is 0 Å². The lowest BCUT2D eigenvalue weighted by Gasteiger charge is -2.17. The maximum atomic E-state index is 14.0. The predicted molar refractivity (Wildman–Crippen MR) is 128 cm³/mol. The zero-order valence-corrected chi connectivity index (χ0v) is 18.1. The minimum absolute atomic E-state index is 0.114. The van der Waals surface area contributed by atoms with E-state index in [-0.39, 0.29) is 5.56 Å². The molecule has 0 saturated carbocycles. The molecule has 0 radical (unpaired) electrons. The molecule has 2 aromatic heterocycles. The lowest BCUT2D eigenvalue weighted by atomic mass is 9.99. The molecular weight excluding hydrogens is 400 g/mol. The van der Waals surface area contributed by atoms with Gasteiger partial charge in [0, 0.05) is 28.6 Å². The van der Waals surface area contributed by atoms with Crippen LogP contribution in [0.1, 0.15) is 5.56 Å². The van der Waals surface area contributed by atoms with Crippen molar-refractivity contribution in [1.29, 1.82) is 0 Å². The smallest absolute Gasteiger partial charge is 0.263 e. The predicted octanol–water partition coefficient (Wildman–Crippen LogP) is 5.53. The van der Waals surface area contributed by atoms with Gasteiger partial charge >= 0.3 is 0 Å². The normalized spacial score (nSPS) is 11.1. The Labute approximate surface area is 185 Å². The highest BCUT2D eigenvalue weighted by Gasteiger charge is 2.18. The topological polar surface area (TPSA) is 53.4 Å². The highest BCUT2D eigenvalue weighted by atomic mass is 16.5. The van der Waals surface area contributed by atoms with Crippen molar-refractivity contribution in [3.8, 4) is 28.3 Å². The Bertz CT molecular complexity index is 1530. The number of fused-ring (bicyclic) bond motifs is 2. The fourth-order valence-electron chi connectivity index (χ4n) is 4.22. The van der Waals surface area contributed by atoms with Crippen molar-refractivity contribution in [3.05, 3.63) is 94.9 Å². The summed E-state index contributed by atoms with van der Waals surface area (Å²) in [6.07, 6.45) is 1.74. The SMILES string of the molecule is COc1cc2cc(-c3ccccc3C)c(=O)n(-c3cccc4cccnc34)c2cc1OC. The lowest BCUT2D eigenvalue weighted by molar-refractivity contribution is 0.355. The summed E-state index contributed by atoms with van der Waals surface area (Å²) in [5.41, 5.74) is 4.65. The van der Waals surface area contributed by atoms with E-state index in [2.05, 4.69) is 4.98 Å². The van der Waals surface area contributed by atoms with Crippen molar-refractivity contribution in [2.45, 2.75) is 6.92 Å². The van der Waals surface area contributed by atoms with E-state index in [1.54, 1.807) is 25.0 Å². The molecule has 0 saturated heterocycles. The number of pyridine rings is 2. The van der Waals surface area contributed by atoms with Gasteiger partial charge in [0.25, 0.3) is 5.56 Å². The van der Waals surface area contributed by atoms with Gasteiger partial charge in [-0.15, -0.1) is 0 Å². The molecule has 5 rings (SSSR count). The first-order chi connectivity index (χ1) is 15.6. The van der Waals surface area contributed by atoms with E-state index >= 15 is 0 Å². The number of benzene rings is 3. The number of aromatic nitrogens is 2. The second-order valence-electron chi connectivity index (χ2n) is 7.63. The quantitative estimate of drug-likeness (QED) is 0.382. The first-order valence-corrected chi connectivity index (χ1v) is 10.3. The average molecular weight is 422 g/mol. The zero-order valence-electron chi connectivity index (χ0n) is 18.1. The van der Waals surface area contributed by atoms with Gasteiger partial charge in [0.05, 0.1) is 30.9 Å². The fourth-order valence-corrected chi connectivity index (χ4v) is 4.22. The van der Waals surface area contributed by atoms with Crippen molar-refractivity contribution < 1.29 is 9.47 Å². The average Bonchev–Trinajstić information content (AvgIpc) is 2.83. The number of aryl methyl sites for hydroxylation is 1. The summed E-state index contributed by atoms with van der Waals surface area (Å²) < 4.78 is 12.8. The number of methoxy groups -OCH3 is 2. The van der Waals surface area contributed by atoms with Gasteiger partial charge in [-0.3, -0.25) is 14.3 Å². The fraction of sp³-hybridized carbons (Fsp3) is 0.111. The van der Waals surface area contributed by atoms with Crippen LogP contribution in [0, 0.1) is 6.92 Å². The Kier molecular flexibility index (Phi) is 4.86. The minimum Gasteiger partial charge on any atom is -0.493 e. The summed E-state index contributed by atoms with van der Waals surface area (Å²) in [5.74, 6) is 1.17. The molecule has 5 nitrogen and oxygen atoms in total. The Morgan fingerprint density at radius 2 is 1.53 bits per heavy atom. The maximum Gasteiger partial charge on any atom is 0.263 e. The number of rotatable bonds is 4. The van der Waals surface area contributed by atoms with Crippen LogP contribution in [-0.4, -0.2) is 23.8 Å². The molecule has 0 aliphatic rings. The van der Waals surface area contributed by atoms with Crippen LogP contribution in [0.25, 0.3) is 38.6 Å². The van der Waals surface area contributed by atoms with Gasteiger partial charge in [-0.1, -0.05) is 42.5 Å². The molecular formula is C27H22N2O3. The van der Waals surface area contributed by atoms with Crippen molar-refractivity contribution in [3.63, 3.8) is 0 Å². The molecule has 32 heavy (non-hydrogen) atoms. The molecule has 0 aliphatic heterocycles. The molecule has 0 unspecified atom stereocenters. The Morgan fingerprint density at radius 1 is 0.781 bits per heavy atom. The van der Waals surface area contributed by atoms with Gasteiger partial charge in [0.1, 0.15) is 0 Å². The summed E-state index contributed by atoms with van der Waals surface area (Å²) in [5, 5.41) is 1.83. The van der Waals surface area contributed by atoms with E-state index in [0.717, 1.165) is 38.6 Å². The number of hydrogen-bond donors (Lipinski definition) is 0. The van der Waals surface area contributed by atoms with Crippen LogP contribution in [-0.2, 0) is 0 Å². The van der Waals surface area contributed by atoms with Gasteiger partial charge in [-0.25, -0.2) is 0 Å². The van der Waals surface area contributed by atoms with Crippen LogP contribution in [0.15, 0.2) is 83.8 Å². The standard InChI is InChI=1S/C27H22N2O3/c1-17-8-4-5-11-20(17)21-14-19-15-24(31-2)25(32-3)16-23(19)29(27(21)30)22-12-6-9-18-10-7-13-28-26(18)22/h4-16H,1-3H3. The second-order valence-corrected chi connectivity index (χ2v) is 7.63. The molecule has 2 heterocycles. The third kappa shape index (κ3) is 3.10. The van der Waals surface area contributed by atoms with Crippen molar-refractivity contribution >= 4 is 21.8 Å². The van der Waals surface area contributed by atoms with Gasteiger partial charge in [-0.2, -0.15) is 0 Å². The van der Waals surface area contributed by atoms with Gasteiger partial charge in [-0.05, 0) is 42.3 Å². The van der Waals surface area contributed by atoms with E-state index < -0.39 is 0 Å². The second kappa shape index (κ2) is 7.85. The molecule has 5 heteroatoms. The van der Waals surface area contributed by atoms with Gasteiger partial charge < -0.3 is 9.47 Å².